The normalized spacial score (nSPS) is 26.1. The van der Waals surface area contributed by atoms with Crippen LogP contribution in [0.3, 0.4) is 0 Å². The van der Waals surface area contributed by atoms with Gasteiger partial charge in [0.15, 0.2) is 0 Å². The molecule has 16 heavy (non-hydrogen) atoms. The smallest absolute Gasteiger partial charge is 0.267 e. The Balaban J connectivity index is 2.44. The molecule has 1 rings (SSSR count). The second-order valence-corrected chi connectivity index (χ2v) is 5.94. The summed E-state index contributed by atoms with van der Waals surface area (Å²) in [5.74, 6) is -0.199. The fraction of sp³-hybridized carbons (Fsp3) is 0.700. The van der Waals surface area contributed by atoms with Crippen LogP contribution in [0.25, 0.3) is 0 Å². The van der Waals surface area contributed by atoms with Crippen LogP contribution in [0.4, 0.5) is 0 Å². The lowest BCUT2D eigenvalue weighted by atomic mass is 9.95. The van der Waals surface area contributed by atoms with Crippen molar-refractivity contribution in [3.05, 3.63) is 12.2 Å². The van der Waals surface area contributed by atoms with Gasteiger partial charge in [-0.05, 0) is 32.6 Å². The van der Waals surface area contributed by atoms with Crippen molar-refractivity contribution in [3.8, 4) is 0 Å². The largest absolute Gasteiger partial charge is 0.350 e. The molecule has 1 aliphatic rings. The summed E-state index contributed by atoms with van der Waals surface area (Å²) < 4.78 is 30.6. The van der Waals surface area contributed by atoms with Crippen molar-refractivity contribution in [1.82, 2.24) is 5.32 Å². The maximum absolute atomic E-state index is 11.3. The number of nitrogens with one attached hydrogen (secondary N) is 1. The molecule has 0 saturated heterocycles. The molecule has 0 heterocycles. The summed E-state index contributed by atoms with van der Waals surface area (Å²) in [5.41, 5.74) is 0.442. The Labute approximate surface area is 95.7 Å². The van der Waals surface area contributed by atoms with E-state index in [0.717, 1.165) is 0 Å². The van der Waals surface area contributed by atoms with Crippen LogP contribution in [0.5, 0.6) is 0 Å². The molecule has 1 fully saturated rings. The van der Waals surface area contributed by atoms with Crippen molar-refractivity contribution in [2.75, 3.05) is 0 Å². The predicted octanol–water partition coefficient (Wildman–Crippen LogP) is 0.878. The van der Waals surface area contributed by atoms with Crippen LogP contribution in [-0.4, -0.2) is 30.2 Å². The van der Waals surface area contributed by atoms with E-state index in [1.54, 1.807) is 6.92 Å². The van der Waals surface area contributed by atoms with E-state index in [1.165, 1.54) is 0 Å². The molecule has 2 N–H and O–H groups in total. The van der Waals surface area contributed by atoms with Gasteiger partial charge in [0.25, 0.3) is 10.1 Å². The number of carbonyl (C=O) groups excluding carboxylic acids is 1. The topological polar surface area (TPSA) is 83.5 Å². The lowest BCUT2D eigenvalue weighted by Crippen LogP contribution is -2.40. The molecule has 1 aliphatic carbocycles. The Hall–Kier alpha value is -0.880. The molecule has 1 amide bonds. The summed E-state index contributed by atoms with van der Waals surface area (Å²) in [6.07, 6.45) is 1.92. The van der Waals surface area contributed by atoms with Crippen LogP contribution in [0.15, 0.2) is 12.2 Å². The minimum Gasteiger partial charge on any atom is -0.350 e. The number of hydrogen-bond donors (Lipinski definition) is 2. The van der Waals surface area contributed by atoms with Gasteiger partial charge < -0.3 is 5.32 Å². The highest BCUT2D eigenvalue weighted by molar-refractivity contribution is 7.86. The zero-order valence-corrected chi connectivity index (χ0v) is 10.1. The van der Waals surface area contributed by atoms with Gasteiger partial charge in [-0.25, -0.2) is 0 Å². The van der Waals surface area contributed by atoms with E-state index in [-0.39, 0.29) is 11.9 Å². The van der Waals surface area contributed by atoms with Gasteiger partial charge >= 0.3 is 0 Å². The monoisotopic (exact) mass is 247 g/mol. The Bertz CT molecular complexity index is 380. The van der Waals surface area contributed by atoms with Gasteiger partial charge in [-0.3, -0.25) is 9.35 Å². The zero-order valence-electron chi connectivity index (χ0n) is 9.27. The molecule has 0 aromatic carbocycles. The van der Waals surface area contributed by atoms with Crippen LogP contribution in [0.2, 0.25) is 0 Å². The molecular formula is C10H17NO4S. The highest BCUT2D eigenvalue weighted by Crippen LogP contribution is 2.23. The van der Waals surface area contributed by atoms with Gasteiger partial charge in [0.2, 0.25) is 5.91 Å². The number of rotatable bonds is 3. The molecule has 6 heteroatoms. The third-order valence-corrected chi connectivity index (χ3v) is 4.13. The SMILES string of the molecule is C=C(C)C(=O)NC1CCC(S(=O)(=O)O)CC1. The summed E-state index contributed by atoms with van der Waals surface area (Å²) in [7, 11) is -3.92. The molecule has 0 spiro atoms. The van der Waals surface area contributed by atoms with Gasteiger partial charge in [0, 0.05) is 11.6 Å². The number of carbonyl (C=O) groups is 1. The van der Waals surface area contributed by atoms with E-state index >= 15 is 0 Å². The predicted molar refractivity (Wildman–Crippen MR) is 60.5 cm³/mol. The third kappa shape index (κ3) is 3.61. The van der Waals surface area contributed by atoms with Crippen LogP contribution in [0.1, 0.15) is 32.6 Å². The first-order valence-electron chi connectivity index (χ1n) is 5.23. The van der Waals surface area contributed by atoms with Crippen LogP contribution >= 0.6 is 0 Å². The average molecular weight is 247 g/mol. The van der Waals surface area contributed by atoms with E-state index in [2.05, 4.69) is 11.9 Å². The standard InChI is InChI=1S/C10H17NO4S/c1-7(2)10(12)11-8-3-5-9(6-4-8)16(13,14)15/h8-9H,1,3-6H2,2H3,(H,11,12)(H,13,14,15). The average Bonchev–Trinajstić information content (AvgIpc) is 2.17. The summed E-state index contributed by atoms with van der Waals surface area (Å²) in [6, 6.07) is -0.0119. The maximum atomic E-state index is 11.3. The van der Waals surface area contributed by atoms with Crippen molar-refractivity contribution in [2.45, 2.75) is 43.9 Å². The summed E-state index contributed by atoms with van der Waals surface area (Å²) >= 11 is 0. The lowest BCUT2D eigenvalue weighted by Gasteiger charge is -2.27. The minimum atomic E-state index is -3.92. The molecule has 0 aromatic heterocycles. The second-order valence-electron chi connectivity index (χ2n) is 4.24. The van der Waals surface area contributed by atoms with Gasteiger partial charge in [-0.15, -0.1) is 0 Å². The maximum Gasteiger partial charge on any atom is 0.267 e. The molecule has 92 valence electrons. The zero-order chi connectivity index (χ0) is 12.3. The number of hydrogen-bond acceptors (Lipinski definition) is 3. The highest BCUT2D eigenvalue weighted by atomic mass is 32.2. The molecular weight excluding hydrogens is 230 g/mol. The van der Waals surface area contributed by atoms with E-state index in [1.807, 2.05) is 0 Å². The molecule has 0 bridgehead atoms. The fourth-order valence-corrected chi connectivity index (χ4v) is 2.68. The van der Waals surface area contributed by atoms with Crippen molar-refractivity contribution in [1.29, 1.82) is 0 Å². The van der Waals surface area contributed by atoms with Gasteiger partial charge in [-0.2, -0.15) is 8.42 Å². The molecule has 5 nitrogen and oxygen atoms in total. The summed E-state index contributed by atoms with van der Waals surface area (Å²) in [4.78, 5) is 11.3. The quantitative estimate of drug-likeness (QED) is 0.573. The first-order chi connectivity index (χ1) is 7.30. The van der Waals surface area contributed by atoms with E-state index in [9.17, 15) is 13.2 Å². The van der Waals surface area contributed by atoms with Crippen molar-refractivity contribution in [2.24, 2.45) is 0 Å². The first kappa shape index (κ1) is 13.2. The molecule has 0 atom stereocenters. The van der Waals surface area contributed by atoms with Crippen molar-refractivity contribution in [3.63, 3.8) is 0 Å². The Morgan fingerprint density at radius 1 is 1.31 bits per heavy atom. The fourth-order valence-electron chi connectivity index (χ4n) is 1.81. The van der Waals surface area contributed by atoms with Gasteiger partial charge in [0.05, 0.1) is 5.25 Å². The molecule has 0 aromatic rings. The third-order valence-electron chi connectivity index (χ3n) is 2.82. The van der Waals surface area contributed by atoms with E-state index in [0.29, 0.717) is 31.3 Å². The lowest BCUT2D eigenvalue weighted by molar-refractivity contribution is -0.118. The second kappa shape index (κ2) is 4.97. The molecule has 0 aliphatic heterocycles. The van der Waals surface area contributed by atoms with Gasteiger partial charge in [0.1, 0.15) is 0 Å². The van der Waals surface area contributed by atoms with Crippen LogP contribution < -0.4 is 5.32 Å². The summed E-state index contributed by atoms with van der Waals surface area (Å²) in [6.45, 7) is 5.15. The van der Waals surface area contributed by atoms with Crippen LogP contribution in [0, 0.1) is 0 Å². The number of amides is 1. The molecule has 0 unspecified atom stereocenters. The van der Waals surface area contributed by atoms with E-state index in [4.69, 9.17) is 4.55 Å². The van der Waals surface area contributed by atoms with Crippen molar-refractivity contribution < 1.29 is 17.8 Å². The summed E-state index contributed by atoms with van der Waals surface area (Å²) in [5, 5.41) is 2.10. The Morgan fingerprint density at radius 2 is 1.81 bits per heavy atom. The van der Waals surface area contributed by atoms with Crippen LogP contribution in [-0.2, 0) is 14.9 Å². The Morgan fingerprint density at radius 3 is 2.19 bits per heavy atom. The highest BCUT2D eigenvalue weighted by Gasteiger charge is 2.29. The van der Waals surface area contributed by atoms with Crippen molar-refractivity contribution >= 4 is 16.0 Å². The first-order valence-corrected chi connectivity index (χ1v) is 6.73. The Kier molecular flexibility index (Phi) is 4.09. The molecule has 1 saturated carbocycles. The minimum absolute atomic E-state index is 0.0119. The van der Waals surface area contributed by atoms with E-state index < -0.39 is 15.4 Å². The molecule has 0 radical (unpaired) electrons. The van der Waals surface area contributed by atoms with Gasteiger partial charge in [-0.1, -0.05) is 6.58 Å².